The van der Waals surface area contributed by atoms with Gasteiger partial charge in [-0.25, -0.2) is 0 Å². The number of likely N-dealkylation sites (tertiary alicyclic amines) is 1. The van der Waals surface area contributed by atoms with E-state index in [1.165, 1.54) is 5.56 Å². The van der Waals surface area contributed by atoms with E-state index in [1.54, 1.807) is 6.26 Å². The summed E-state index contributed by atoms with van der Waals surface area (Å²) >= 11 is 0. The van der Waals surface area contributed by atoms with Crippen molar-refractivity contribution in [2.45, 2.75) is 65.2 Å². The quantitative estimate of drug-likeness (QED) is 0.807. The van der Waals surface area contributed by atoms with E-state index in [-0.39, 0.29) is 18.1 Å². The Bertz CT molecular complexity index is 849. The maximum atomic E-state index is 13.1. The number of nitrogens with zero attached hydrogens (tertiary/aromatic N) is 2. The van der Waals surface area contributed by atoms with Gasteiger partial charge in [-0.2, -0.15) is 0 Å². The number of hydrogen-bond donors (Lipinski definition) is 0. The second-order valence-electron chi connectivity index (χ2n) is 8.68. The fraction of sp³-hybridized carbons (Fsp3) is 0.609. The molecule has 5 nitrogen and oxygen atoms in total. The number of aryl methyl sites for hydroxylation is 2. The van der Waals surface area contributed by atoms with Crippen LogP contribution in [0.15, 0.2) is 22.8 Å². The summed E-state index contributed by atoms with van der Waals surface area (Å²) in [5, 5.41) is 1.07. The van der Waals surface area contributed by atoms with Gasteiger partial charge in [0.1, 0.15) is 5.58 Å². The van der Waals surface area contributed by atoms with Crippen LogP contribution in [0.1, 0.15) is 43.4 Å². The zero-order chi connectivity index (χ0) is 19.8. The van der Waals surface area contributed by atoms with Gasteiger partial charge in [0.05, 0.1) is 24.9 Å². The van der Waals surface area contributed by atoms with Crippen LogP contribution in [0.2, 0.25) is 0 Å². The molecule has 0 radical (unpaired) electrons. The maximum absolute atomic E-state index is 13.1. The highest BCUT2D eigenvalue weighted by Crippen LogP contribution is 2.28. The number of fused-ring (bicyclic) bond motifs is 1. The molecule has 4 rings (SSSR count). The Kier molecular flexibility index (Phi) is 5.48. The summed E-state index contributed by atoms with van der Waals surface area (Å²) in [4.78, 5) is 17.7. The minimum Gasteiger partial charge on any atom is -0.464 e. The summed E-state index contributed by atoms with van der Waals surface area (Å²) in [7, 11) is 0. The Morgan fingerprint density at radius 2 is 1.93 bits per heavy atom. The van der Waals surface area contributed by atoms with E-state index < -0.39 is 0 Å². The van der Waals surface area contributed by atoms with E-state index in [9.17, 15) is 4.79 Å². The number of ether oxygens (including phenoxy) is 1. The predicted octanol–water partition coefficient (Wildman–Crippen LogP) is 3.69. The SMILES string of the molecule is Cc1ccc2c(CC(=O)N3CCCC3CN3CC(C)OC(C)C3)coc2c1C. The van der Waals surface area contributed by atoms with Crippen molar-refractivity contribution in [2.24, 2.45) is 0 Å². The van der Waals surface area contributed by atoms with E-state index in [0.29, 0.717) is 12.5 Å². The maximum Gasteiger partial charge on any atom is 0.227 e. The van der Waals surface area contributed by atoms with Crippen molar-refractivity contribution >= 4 is 16.9 Å². The van der Waals surface area contributed by atoms with Crippen molar-refractivity contribution in [3.05, 3.63) is 35.1 Å². The number of benzene rings is 1. The molecule has 152 valence electrons. The summed E-state index contributed by atoms with van der Waals surface area (Å²) in [6.45, 7) is 12.2. The van der Waals surface area contributed by atoms with Crippen LogP contribution in [-0.4, -0.2) is 60.1 Å². The average Bonchev–Trinajstić information content (AvgIpc) is 3.25. The molecule has 1 amide bonds. The van der Waals surface area contributed by atoms with Gasteiger partial charge >= 0.3 is 0 Å². The number of amides is 1. The van der Waals surface area contributed by atoms with Crippen LogP contribution < -0.4 is 0 Å². The molecule has 0 spiro atoms. The first-order valence-electron chi connectivity index (χ1n) is 10.6. The highest BCUT2D eigenvalue weighted by Gasteiger charge is 2.32. The van der Waals surface area contributed by atoms with E-state index in [1.807, 2.05) is 0 Å². The summed E-state index contributed by atoms with van der Waals surface area (Å²) in [5.74, 6) is 0.220. The molecule has 3 unspecified atom stereocenters. The van der Waals surface area contributed by atoms with Crippen LogP contribution in [0.25, 0.3) is 11.0 Å². The van der Waals surface area contributed by atoms with E-state index >= 15 is 0 Å². The molecule has 5 heteroatoms. The number of carbonyl (C=O) groups is 1. The van der Waals surface area contributed by atoms with Crippen LogP contribution in [0.4, 0.5) is 0 Å². The van der Waals surface area contributed by atoms with Crippen molar-refractivity contribution < 1.29 is 13.9 Å². The monoisotopic (exact) mass is 384 g/mol. The van der Waals surface area contributed by atoms with Crippen molar-refractivity contribution in [3.63, 3.8) is 0 Å². The Hall–Kier alpha value is -1.85. The second kappa shape index (κ2) is 7.88. The molecule has 1 aromatic heterocycles. The Morgan fingerprint density at radius 1 is 1.18 bits per heavy atom. The first-order valence-corrected chi connectivity index (χ1v) is 10.6. The number of morpholine rings is 1. The molecular weight excluding hydrogens is 352 g/mol. The van der Waals surface area contributed by atoms with Gasteiger partial charge in [-0.15, -0.1) is 0 Å². The van der Waals surface area contributed by atoms with Crippen LogP contribution in [0.3, 0.4) is 0 Å². The van der Waals surface area contributed by atoms with Crippen molar-refractivity contribution in [2.75, 3.05) is 26.2 Å². The van der Waals surface area contributed by atoms with E-state index in [0.717, 1.165) is 61.1 Å². The van der Waals surface area contributed by atoms with Crippen molar-refractivity contribution in [1.29, 1.82) is 0 Å². The largest absolute Gasteiger partial charge is 0.464 e. The smallest absolute Gasteiger partial charge is 0.227 e. The molecule has 3 heterocycles. The minimum absolute atomic E-state index is 0.220. The lowest BCUT2D eigenvalue weighted by atomic mass is 10.0. The lowest BCUT2D eigenvalue weighted by molar-refractivity contribution is -0.132. The molecule has 2 fully saturated rings. The summed E-state index contributed by atoms with van der Waals surface area (Å²) < 4.78 is 11.7. The molecule has 2 aliphatic rings. The Morgan fingerprint density at radius 3 is 2.68 bits per heavy atom. The third-order valence-electron chi connectivity index (χ3n) is 6.35. The lowest BCUT2D eigenvalue weighted by Gasteiger charge is -2.38. The molecule has 0 N–H and O–H groups in total. The van der Waals surface area contributed by atoms with Gasteiger partial charge in [0.2, 0.25) is 5.91 Å². The zero-order valence-electron chi connectivity index (χ0n) is 17.5. The summed E-state index contributed by atoms with van der Waals surface area (Å²) in [5.41, 5.74) is 4.29. The average molecular weight is 385 g/mol. The standard InChI is InChI=1S/C23H32N2O3/c1-15-7-8-21-19(14-27-23(21)18(15)4)10-22(26)25-9-5-6-20(25)13-24-11-16(2)28-17(3)12-24/h7-8,14,16-17,20H,5-6,9-13H2,1-4H3. The van der Waals surface area contributed by atoms with Crippen LogP contribution >= 0.6 is 0 Å². The number of furan rings is 1. The molecule has 2 aliphatic heterocycles. The number of rotatable bonds is 4. The molecule has 0 bridgehead atoms. The van der Waals surface area contributed by atoms with Crippen LogP contribution in [0, 0.1) is 13.8 Å². The van der Waals surface area contributed by atoms with Crippen LogP contribution in [-0.2, 0) is 16.0 Å². The second-order valence-corrected chi connectivity index (χ2v) is 8.68. The topological polar surface area (TPSA) is 45.9 Å². The molecule has 3 atom stereocenters. The first kappa shape index (κ1) is 19.5. The molecule has 1 aromatic carbocycles. The highest BCUT2D eigenvalue weighted by molar-refractivity contribution is 5.89. The molecule has 2 saturated heterocycles. The fourth-order valence-electron chi connectivity index (χ4n) is 4.88. The van der Waals surface area contributed by atoms with Crippen LogP contribution in [0.5, 0.6) is 0 Å². The van der Waals surface area contributed by atoms with Crippen molar-refractivity contribution in [3.8, 4) is 0 Å². The normalized spacial score (nSPS) is 26.3. The van der Waals surface area contributed by atoms with E-state index in [4.69, 9.17) is 9.15 Å². The van der Waals surface area contributed by atoms with Gasteiger partial charge in [0.15, 0.2) is 0 Å². The van der Waals surface area contributed by atoms with Gasteiger partial charge in [0, 0.05) is 43.2 Å². The van der Waals surface area contributed by atoms with Crippen molar-refractivity contribution in [1.82, 2.24) is 9.80 Å². The Labute approximate surface area is 167 Å². The predicted molar refractivity (Wildman–Crippen MR) is 111 cm³/mol. The molecule has 28 heavy (non-hydrogen) atoms. The third kappa shape index (κ3) is 3.83. The first-order chi connectivity index (χ1) is 13.4. The molecular formula is C23H32N2O3. The zero-order valence-corrected chi connectivity index (χ0v) is 17.5. The molecule has 0 saturated carbocycles. The minimum atomic E-state index is 0.220. The van der Waals surface area contributed by atoms with Gasteiger partial charge in [-0.3, -0.25) is 9.69 Å². The molecule has 0 aliphatic carbocycles. The van der Waals surface area contributed by atoms with Gasteiger partial charge < -0.3 is 14.1 Å². The number of carbonyl (C=O) groups excluding carboxylic acids is 1. The van der Waals surface area contributed by atoms with Gasteiger partial charge in [0.25, 0.3) is 0 Å². The summed E-state index contributed by atoms with van der Waals surface area (Å²) in [6.07, 6.45) is 4.90. The lowest BCUT2D eigenvalue weighted by Crippen LogP contribution is -2.51. The fourth-order valence-corrected chi connectivity index (χ4v) is 4.88. The van der Waals surface area contributed by atoms with Gasteiger partial charge in [-0.1, -0.05) is 12.1 Å². The third-order valence-corrected chi connectivity index (χ3v) is 6.35. The van der Waals surface area contributed by atoms with E-state index in [2.05, 4.69) is 49.6 Å². The van der Waals surface area contributed by atoms with Gasteiger partial charge in [-0.05, 0) is 51.7 Å². The number of hydrogen-bond acceptors (Lipinski definition) is 4. The highest BCUT2D eigenvalue weighted by atomic mass is 16.5. The Balaban J connectivity index is 1.45. The summed E-state index contributed by atoms with van der Waals surface area (Å²) in [6, 6.07) is 4.51. The molecule has 2 aromatic rings.